The van der Waals surface area contributed by atoms with Gasteiger partial charge in [0.05, 0.1) is 25.4 Å². The van der Waals surface area contributed by atoms with Gasteiger partial charge in [0.15, 0.2) is 11.5 Å². The van der Waals surface area contributed by atoms with Gasteiger partial charge < -0.3 is 25.0 Å². The van der Waals surface area contributed by atoms with Gasteiger partial charge in [0.1, 0.15) is 0 Å². The molecule has 0 saturated carbocycles. The molecule has 1 saturated heterocycles. The van der Waals surface area contributed by atoms with E-state index in [2.05, 4.69) is 39.0 Å². The highest BCUT2D eigenvalue weighted by Crippen LogP contribution is 2.32. The molecule has 0 aliphatic carbocycles. The number of halogens is 1. The minimum absolute atomic E-state index is 0.0289. The van der Waals surface area contributed by atoms with Crippen LogP contribution in [0.5, 0.6) is 11.5 Å². The Kier molecular flexibility index (Phi) is 7.76. The average Bonchev–Trinajstić information content (AvgIpc) is 2.96. The second kappa shape index (κ2) is 11.4. The molecule has 8 nitrogen and oxygen atoms in total. The molecule has 4 aromatic rings. The Balaban J connectivity index is 1.29. The maximum atomic E-state index is 13.1. The van der Waals surface area contributed by atoms with Gasteiger partial charge in [-0.05, 0) is 35.9 Å². The van der Waals surface area contributed by atoms with Crippen LogP contribution in [0.2, 0.25) is 0 Å². The Morgan fingerprint density at radius 2 is 1.68 bits per heavy atom. The fourth-order valence-corrected chi connectivity index (χ4v) is 5.08. The lowest BCUT2D eigenvalue weighted by Crippen LogP contribution is -2.49. The van der Waals surface area contributed by atoms with Gasteiger partial charge in [-0.3, -0.25) is 4.79 Å². The summed E-state index contributed by atoms with van der Waals surface area (Å²) in [4.78, 5) is 26.9. The van der Waals surface area contributed by atoms with Crippen LogP contribution in [-0.4, -0.2) is 61.2 Å². The number of anilines is 1. The maximum absolute atomic E-state index is 13.1. The van der Waals surface area contributed by atoms with Gasteiger partial charge in [0.2, 0.25) is 11.9 Å². The van der Waals surface area contributed by atoms with Gasteiger partial charge in [0, 0.05) is 54.1 Å². The van der Waals surface area contributed by atoms with Crippen molar-refractivity contribution in [1.82, 2.24) is 14.9 Å². The van der Waals surface area contributed by atoms with E-state index < -0.39 is 6.04 Å². The summed E-state index contributed by atoms with van der Waals surface area (Å²) in [7, 11) is 3.17. The molecule has 1 atom stereocenters. The van der Waals surface area contributed by atoms with Crippen molar-refractivity contribution in [2.45, 2.75) is 12.5 Å². The third-order valence-electron chi connectivity index (χ3n) is 6.84. The van der Waals surface area contributed by atoms with E-state index in [0.717, 1.165) is 32.2 Å². The number of nitrogens with two attached hydrogens (primary N) is 1. The standard InChI is InChI=1S/C29H30BrN5O3/c1-37-25-11-8-20(16-26(25)38-2)23(31)18-27(36)34-12-14-35(15-13-34)29-32-24-10-9-21(30)17-22(24)28(33-29)19-6-4-3-5-7-19/h3-11,16-17,23H,12-15,18,31H2,1-2H3. The van der Waals surface area contributed by atoms with E-state index in [9.17, 15) is 4.79 Å². The summed E-state index contributed by atoms with van der Waals surface area (Å²) >= 11 is 3.58. The average molecular weight is 576 g/mol. The van der Waals surface area contributed by atoms with Crippen molar-refractivity contribution in [2.75, 3.05) is 45.3 Å². The number of nitrogens with zero attached hydrogens (tertiary/aromatic N) is 4. The van der Waals surface area contributed by atoms with Crippen molar-refractivity contribution in [2.24, 2.45) is 5.73 Å². The molecule has 1 aliphatic heterocycles. The van der Waals surface area contributed by atoms with Crippen LogP contribution in [0.1, 0.15) is 18.0 Å². The number of ether oxygens (including phenoxy) is 2. The van der Waals surface area contributed by atoms with Crippen LogP contribution < -0.4 is 20.1 Å². The molecule has 1 fully saturated rings. The van der Waals surface area contributed by atoms with Crippen LogP contribution in [0, 0.1) is 0 Å². The minimum Gasteiger partial charge on any atom is -0.493 e. The molecule has 2 heterocycles. The highest BCUT2D eigenvalue weighted by Gasteiger charge is 2.25. The van der Waals surface area contributed by atoms with Crippen LogP contribution >= 0.6 is 15.9 Å². The first-order valence-electron chi connectivity index (χ1n) is 12.5. The number of aromatic nitrogens is 2. The van der Waals surface area contributed by atoms with Crippen molar-refractivity contribution in [1.29, 1.82) is 0 Å². The first-order chi connectivity index (χ1) is 18.5. The zero-order valence-corrected chi connectivity index (χ0v) is 23.0. The molecule has 1 aliphatic rings. The Morgan fingerprint density at radius 3 is 2.39 bits per heavy atom. The van der Waals surface area contributed by atoms with Crippen LogP contribution in [0.3, 0.4) is 0 Å². The Hall–Kier alpha value is -3.69. The Labute approximate surface area is 230 Å². The normalized spacial score (nSPS) is 14.4. The van der Waals surface area contributed by atoms with Gasteiger partial charge in [0.25, 0.3) is 0 Å². The van der Waals surface area contributed by atoms with Gasteiger partial charge in [-0.15, -0.1) is 0 Å². The van der Waals surface area contributed by atoms with Gasteiger partial charge in [-0.25, -0.2) is 9.97 Å². The van der Waals surface area contributed by atoms with E-state index in [0.29, 0.717) is 43.6 Å². The number of benzene rings is 3. The van der Waals surface area contributed by atoms with Crippen LogP contribution in [0.4, 0.5) is 5.95 Å². The molecule has 3 aromatic carbocycles. The third-order valence-corrected chi connectivity index (χ3v) is 7.33. The fourth-order valence-electron chi connectivity index (χ4n) is 4.72. The number of hydrogen-bond donors (Lipinski definition) is 1. The molecule has 0 radical (unpaired) electrons. The molecule has 1 amide bonds. The Morgan fingerprint density at radius 1 is 0.947 bits per heavy atom. The smallest absolute Gasteiger partial charge is 0.226 e. The predicted octanol–water partition coefficient (Wildman–Crippen LogP) is 4.82. The number of amides is 1. The summed E-state index contributed by atoms with van der Waals surface area (Å²) < 4.78 is 11.7. The first-order valence-corrected chi connectivity index (χ1v) is 13.3. The lowest BCUT2D eigenvalue weighted by molar-refractivity contribution is -0.131. The zero-order valence-electron chi connectivity index (χ0n) is 21.4. The number of rotatable bonds is 7. The maximum Gasteiger partial charge on any atom is 0.226 e. The zero-order chi connectivity index (χ0) is 26.6. The van der Waals surface area contributed by atoms with Crippen molar-refractivity contribution < 1.29 is 14.3 Å². The number of carbonyl (C=O) groups excluding carboxylic acids is 1. The minimum atomic E-state index is -0.433. The van der Waals surface area contributed by atoms with Crippen LogP contribution in [0.25, 0.3) is 22.2 Å². The molecule has 0 bridgehead atoms. The summed E-state index contributed by atoms with van der Waals surface area (Å²) in [6.07, 6.45) is 0.217. The van der Waals surface area contributed by atoms with Gasteiger partial charge in [-0.1, -0.05) is 52.3 Å². The summed E-state index contributed by atoms with van der Waals surface area (Å²) in [5.74, 6) is 1.93. The highest BCUT2D eigenvalue weighted by molar-refractivity contribution is 9.10. The second-order valence-electron chi connectivity index (χ2n) is 9.19. The molecule has 1 aromatic heterocycles. The number of piperazine rings is 1. The summed E-state index contributed by atoms with van der Waals surface area (Å²) in [6, 6.07) is 21.3. The molecule has 2 N–H and O–H groups in total. The quantitative estimate of drug-likeness (QED) is 0.337. The number of methoxy groups -OCH3 is 2. The van der Waals surface area contributed by atoms with E-state index >= 15 is 0 Å². The SMILES string of the molecule is COc1ccc(C(N)CC(=O)N2CCN(c3nc(-c4ccccc4)c4cc(Br)ccc4n3)CC2)cc1OC. The highest BCUT2D eigenvalue weighted by atomic mass is 79.9. The van der Waals surface area contributed by atoms with Crippen LogP contribution in [0.15, 0.2) is 71.2 Å². The summed E-state index contributed by atoms with van der Waals surface area (Å²) in [6.45, 7) is 2.46. The van der Waals surface area contributed by atoms with E-state index in [1.165, 1.54) is 0 Å². The molecule has 196 valence electrons. The molecular formula is C29H30BrN5O3. The van der Waals surface area contributed by atoms with Crippen molar-refractivity contribution >= 4 is 38.7 Å². The predicted molar refractivity (Wildman–Crippen MR) is 153 cm³/mol. The molecule has 1 unspecified atom stereocenters. The first kappa shape index (κ1) is 25.9. The third kappa shape index (κ3) is 5.44. The van der Waals surface area contributed by atoms with Gasteiger partial charge in [-0.2, -0.15) is 0 Å². The lowest BCUT2D eigenvalue weighted by atomic mass is 10.0. The lowest BCUT2D eigenvalue weighted by Gasteiger charge is -2.35. The fraction of sp³-hybridized carbons (Fsp3) is 0.276. The monoisotopic (exact) mass is 575 g/mol. The molecular weight excluding hydrogens is 546 g/mol. The second-order valence-corrected chi connectivity index (χ2v) is 10.1. The van der Waals surface area contributed by atoms with Gasteiger partial charge >= 0.3 is 0 Å². The Bertz CT molecular complexity index is 1440. The van der Waals surface area contributed by atoms with E-state index in [-0.39, 0.29) is 12.3 Å². The van der Waals surface area contributed by atoms with E-state index in [1.807, 2.05) is 53.4 Å². The number of fused-ring (bicyclic) bond motifs is 1. The van der Waals surface area contributed by atoms with Crippen molar-refractivity contribution in [3.05, 3.63) is 76.8 Å². The molecule has 38 heavy (non-hydrogen) atoms. The molecule has 5 rings (SSSR count). The summed E-state index contributed by atoms with van der Waals surface area (Å²) in [5.41, 5.74) is 10.0. The topological polar surface area (TPSA) is 93.8 Å². The number of carbonyl (C=O) groups is 1. The summed E-state index contributed by atoms with van der Waals surface area (Å²) in [5, 5.41) is 0.993. The van der Waals surface area contributed by atoms with Crippen molar-refractivity contribution in [3.63, 3.8) is 0 Å². The van der Waals surface area contributed by atoms with E-state index in [1.54, 1.807) is 14.2 Å². The largest absolute Gasteiger partial charge is 0.493 e. The molecule has 9 heteroatoms. The molecule has 0 spiro atoms. The van der Waals surface area contributed by atoms with Crippen LogP contribution in [-0.2, 0) is 4.79 Å². The van der Waals surface area contributed by atoms with E-state index in [4.69, 9.17) is 25.2 Å². The van der Waals surface area contributed by atoms with Crippen molar-refractivity contribution in [3.8, 4) is 22.8 Å². The number of hydrogen-bond acceptors (Lipinski definition) is 7.